The van der Waals surface area contributed by atoms with Crippen molar-refractivity contribution in [2.24, 2.45) is 7.05 Å². The summed E-state index contributed by atoms with van der Waals surface area (Å²) in [4.78, 5) is 25.6. The number of nitrogens with one attached hydrogen (secondary N) is 3. The number of hydrogen-bond donors (Lipinski definition) is 3. The monoisotopic (exact) mass is 371 g/mol. The summed E-state index contributed by atoms with van der Waals surface area (Å²) >= 11 is 0. The summed E-state index contributed by atoms with van der Waals surface area (Å²) in [6.45, 7) is 6.23. The zero-order valence-electron chi connectivity index (χ0n) is 15.7. The average Bonchev–Trinajstić information content (AvgIpc) is 3.10. The van der Waals surface area contributed by atoms with Gasteiger partial charge in [0.1, 0.15) is 5.54 Å². The van der Waals surface area contributed by atoms with E-state index in [1.165, 1.54) is 0 Å². The van der Waals surface area contributed by atoms with Crippen LogP contribution in [0.3, 0.4) is 0 Å². The molecular weight excluding hydrogens is 342 g/mol. The lowest BCUT2D eigenvalue weighted by Gasteiger charge is -2.29. The molecule has 0 aliphatic heterocycles. The minimum absolute atomic E-state index is 0. The fourth-order valence-electron chi connectivity index (χ4n) is 3.29. The maximum Gasteiger partial charge on any atom is 0.255 e. The molecule has 1 atom stereocenters. The molecule has 1 aliphatic carbocycles. The van der Waals surface area contributed by atoms with Crippen molar-refractivity contribution < 1.29 is 9.59 Å². The lowest BCUT2D eigenvalue weighted by atomic mass is 9.95. The van der Waals surface area contributed by atoms with E-state index in [1.54, 1.807) is 4.68 Å². The summed E-state index contributed by atoms with van der Waals surface area (Å²) < 4.78 is 1.69. The normalized spacial score (nSPS) is 16.8. The second kappa shape index (κ2) is 8.67. The first-order valence-corrected chi connectivity index (χ1v) is 8.59. The number of rotatable bonds is 6. The van der Waals surface area contributed by atoms with Crippen molar-refractivity contribution >= 4 is 24.2 Å². The van der Waals surface area contributed by atoms with Crippen LogP contribution < -0.4 is 16.0 Å². The molecule has 0 spiro atoms. The molecule has 7 nitrogen and oxygen atoms in total. The SMILES string of the molecule is CNC(C)CNC(=O)C1(NC(=O)c2c(C)nn(C)c2C)CCCC1.Cl. The van der Waals surface area contributed by atoms with Gasteiger partial charge in [0.05, 0.1) is 11.3 Å². The highest BCUT2D eigenvalue weighted by Gasteiger charge is 2.43. The van der Waals surface area contributed by atoms with Crippen molar-refractivity contribution in [3.8, 4) is 0 Å². The molecule has 3 N–H and O–H groups in total. The molecule has 1 heterocycles. The van der Waals surface area contributed by atoms with Crippen molar-refractivity contribution in [2.75, 3.05) is 13.6 Å². The number of aromatic nitrogens is 2. The van der Waals surface area contributed by atoms with Gasteiger partial charge in [-0.15, -0.1) is 12.4 Å². The summed E-state index contributed by atoms with van der Waals surface area (Å²) in [5.41, 5.74) is 1.26. The maximum atomic E-state index is 12.8. The van der Waals surface area contributed by atoms with E-state index in [1.807, 2.05) is 34.9 Å². The highest BCUT2D eigenvalue weighted by Crippen LogP contribution is 2.30. The Bertz CT molecular complexity index is 623. The van der Waals surface area contributed by atoms with Crippen LogP contribution in [-0.4, -0.2) is 46.8 Å². The van der Waals surface area contributed by atoms with E-state index in [0.717, 1.165) is 18.5 Å². The minimum Gasteiger partial charge on any atom is -0.353 e. The van der Waals surface area contributed by atoms with E-state index in [-0.39, 0.29) is 30.3 Å². The number of aryl methyl sites for hydroxylation is 2. The number of halogens is 1. The van der Waals surface area contributed by atoms with Gasteiger partial charge < -0.3 is 16.0 Å². The predicted molar refractivity (Wildman–Crippen MR) is 100 cm³/mol. The van der Waals surface area contributed by atoms with Crippen molar-refractivity contribution in [3.63, 3.8) is 0 Å². The zero-order chi connectivity index (χ0) is 17.9. The summed E-state index contributed by atoms with van der Waals surface area (Å²) in [7, 11) is 3.67. The van der Waals surface area contributed by atoms with Gasteiger partial charge in [-0.05, 0) is 40.7 Å². The van der Waals surface area contributed by atoms with Gasteiger partial charge in [-0.3, -0.25) is 14.3 Å². The molecule has 1 aromatic heterocycles. The van der Waals surface area contributed by atoms with Crippen LogP contribution >= 0.6 is 12.4 Å². The average molecular weight is 372 g/mol. The Morgan fingerprint density at radius 2 is 1.88 bits per heavy atom. The van der Waals surface area contributed by atoms with E-state index >= 15 is 0 Å². The summed E-state index contributed by atoms with van der Waals surface area (Å²) in [5, 5.41) is 13.4. The number of carbonyl (C=O) groups excluding carboxylic acids is 2. The van der Waals surface area contributed by atoms with Crippen LogP contribution in [0.2, 0.25) is 0 Å². The summed E-state index contributed by atoms with van der Waals surface area (Å²) in [5.74, 6) is -0.300. The smallest absolute Gasteiger partial charge is 0.255 e. The predicted octanol–water partition coefficient (Wildman–Crippen LogP) is 1.23. The quantitative estimate of drug-likeness (QED) is 0.701. The summed E-state index contributed by atoms with van der Waals surface area (Å²) in [6.07, 6.45) is 3.24. The van der Waals surface area contributed by atoms with Crippen LogP contribution in [0.15, 0.2) is 0 Å². The van der Waals surface area contributed by atoms with Gasteiger partial charge in [-0.1, -0.05) is 12.8 Å². The zero-order valence-corrected chi connectivity index (χ0v) is 16.5. The largest absolute Gasteiger partial charge is 0.353 e. The molecule has 2 amide bonds. The Morgan fingerprint density at radius 1 is 1.28 bits per heavy atom. The Kier molecular flexibility index (Phi) is 7.44. The highest BCUT2D eigenvalue weighted by atomic mass is 35.5. The molecule has 1 fully saturated rings. The second-order valence-electron chi connectivity index (χ2n) is 6.81. The van der Waals surface area contributed by atoms with Crippen molar-refractivity contribution in [1.82, 2.24) is 25.7 Å². The van der Waals surface area contributed by atoms with Gasteiger partial charge in [-0.2, -0.15) is 5.10 Å². The second-order valence-corrected chi connectivity index (χ2v) is 6.81. The van der Waals surface area contributed by atoms with Crippen LogP contribution in [0.5, 0.6) is 0 Å². The van der Waals surface area contributed by atoms with E-state index in [2.05, 4.69) is 21.0 Å². The molecule has 2 rings (SSSR count). The van der Waals surface area contributed by atoms with Gasteiger partial charge in [0, 0.05) is 25.3 Å². The first-order chi connectivity index (χ1) is 11.3. The highest BCUT2D eigenvalue weighted by molar-refractivity contribution is 6.00. The molecule has 0 aromatic carbocycles. The molecular formula is C17H30ClN5O2. The molecule has 1 aromatic rings. The topological polar surface area (TPSA) is 88.0 Å². The van der Waals surface area contributed by atoms with Gasteiger partial charge in [-0.25, -0.2) is 0 Å². The number of amides is 2. The minimum atomic E-state index is -0.806. The van der Waals surface area contributed by atoms with Gasteiger partial charge in [0.15, 0.2) is 0 Å². The Balaban J connectivity index is 0.00000312. The Morgan fingerprint density at radius 3 is 2.36 bits per heavy atom. The number of carbonyl (C=O) groups is 2. The fraction of sp³-hybridized carbons (Fsp3) is 0.706. The maximum absolute atomic E-state index is 12.8. The fourth-order valence-corrected chi connectivity index (χ4v) is 3.29. The molecule has 1 unspecified atom stereocenters. The molecule has 1 saturated carbocycles. The Hall–Kier alpha value is -1.60. The molecule has 0 saturated heterocycles. The number of nitrogens with zero attached hydrogens (tertiary/aromatic N) is 2. The van der Waals surface area contributed by atoms with E-state index in [0.29, 0.717) is 30.6 Å². The molecule has 142 valence electrons. The van der Waals surface area contributed by atoms with Gasteiger partial charge >= 0.3 is 0 Å². The molecule has 0 bridgehead atoms. The van der Waals surface area contributed by atoms with Crippen LogP contribution in [0.4, 0.5) is 0 Å². The van der Waals surface area contributed by atoms with Crippen molar-refractivity contribution in [3.05, 3.63) is 17.0 Å². The molecule has 25 heavy (non-hydrogen) atoms. The third-order valence-corrected chi connectivity index (χ3v) is 5.04. The first kappa shape index (κ1) is 21.4. The van der Waals surface area contributed by atoms with Crippen molar-refractivity contribution in [2.45, 2.75) is 58.0 Å². The van der Waals surface area contributed by atoms with Crippen LogP contribution in [-0.2, 0) is 11.8 Å². The lowest BCUT2D eigenvalue weighted by Crippen LogP contribution is -2.58. The standard InChI is InChI=1S/C17H29N5O2.ClH/c1-11(18-4)10-19-16(24)17(8-6-7-9-17)20-15(23)14-12(2)21-22(5)13(14)3;/h11,18H,6-10H2,1-5H3,(H,19,24)(H,20,23);1H. The van der Waals surface area contributed by atoms with Crippen LogP contribution in [0, 0.1) is 13.8 Å². The van der Waals surface area contributed by atoms with Crippen LogP contribution in [0.1, 0.15) is 54.4 Å². The number of hydrogen-bond acceptors (Lipinski definition) is 4. The lowest BCUT2D eigenvalue weighted by molar-refractivity contribution is -0.127. The van der Waals surface area contributed by atoms with E-state index in [4.69, 9.17) is 0 Å². The van der Waals surface area contributed by atoms with Gasteiger partial charge in [0.2, 0.25) is 5.91 Å². The third kappa shape index (κ3) is 4.52. The Labute approximate surface area is 155 Å². The summed E-state index contributed by atoms with van der Waals surface area (Å²) in [6, 6.07) is 0.186. The first-order valence-electron chi connectivity index (χ1n) is 8.59. The van der Waals surface area contributed by atoms with Crippen LogP contribution in [0.25, 0.3) is 0 Å². The molecule has 8 heteroatoms. The number of likely N-dealkylation sites (N-methyl/N-ethyl adjacent to an activating group) is 1. The van der Waals surface area contributed by atoms with E-state index in [9.17, 15) is 9.59 Å². The molecule has 1 aliphatic rings. The van der Waals surface area contributed by atoms with Crippen molar-refractivity contribution in [1.29, 1.82) is 0 Å². The van der Waals surface area contributed by atoms with E-state index < -0.39 is 5.54 Å². The van der Waals surface area contributed by atoms with Gasteiger partial charge in [0.25, 0.3) is 5.91 Å². The molecule has 0 radical (unpaired) electrons. The third-order valence-electron chi connectivity index (χ3n) is 5.04.